The topological polar surface area (TPSA) is 69.0 Å². The van der Waals surface area contributed by atoms with E-state index in [0.717, 1.165) is 16.8 Å². The van der Waals surface area contributed by atoms with Crippen molar-refractivity contribution < 1.29 is 9.53 Å². The molecule has 0 unspecified atom stereocenters. The van der Waals surface area contributed by atoms with Crippen LogP contribution >= 0.6 is 0 Å². The van der Waals surface area contributed by atoms with E-state index in [2.05, 4.69) is 15.4 Å². The van der Waals surface area contributed by atoms with Crippen LogP contribution in [0.1, 0.15) is 5.56 Å². The summed E-state index contributed by atoms with van der Waals surface area (Å²) >= 11 is 0. The van der Waals surface area contributed by atoms with Gasteiger partial charge in [0.05, 0.1) is 11.9 Å². The number of aromatic nitrogens is 3. The number of methoxy groups -OCH3 is 1. The molecule has 19 heavy (non-hydrogen) atoms. The number of aryl methyl sites for hydroxylation is 1. The van der Waals surface area contributed by atoms with E-state index in [1.165, 1.54) is 7.11 Å². The molecule has 6 nitrogen and oxygen atoms in total. The van der Waals surface area contributed by atoms with E-state index in [9.17, 15) is 4.79 Å². The van der Waals surface area contributed by atoms with Gasteiger partial charge in [0.15, 0.2) is 0 Å². The van der Waals surface area contributed by atoms with Crippen LogP contribution in [0.15, 0.2) is 30.7 Å². The van der Waals surface area contributed by atoms with Crippen LogP contribution in [-0.4, -0.2) is 34.4 Å². The summed E-state index contributed by atoms with van der Waals surface area (Å²) in [6, 6.07) is 3.84. The van der Waals surface area contributed by atoms with Gasteiger partial charge < -0.3 is 10.1 Å². The predicted octanol–water partition coefficient (Wildman–Crippen LogP) is 0.745. The summed E-state index contributed by atoms with van der Waals surface area (Å²) in [5, 5.41) is 6.84. The maximum absolute atomic E-state index is 11.2. The molecule has 6 heteroatoms. The van der Waals surface area contributed by atoms with E-state index >= 15 is 0 Å². The molecule has 0 atom stereocenters. The van der Waals surface area contributed by atoms with Gasteiger partial charge in [-0.3, -0.25) is 14.5 Å². The Bertz CT molecular complexity index is 548. The summed E-state index contributed by atoms with van der Waals surface area (Å²) in [6.45, 7) is 0.518. The second-order valence-electron chi connectivity index (χ2n) is 4.16. The van der Waals surface area contributed by atoms with Gasteiger partial charge in [-0.05, 0) is 11.6 Å². The van der Waals surface area contributed by atoms with E-state index in [-0.39, 0.29) is 12.5 Å². The number of nitrogens with zero attached hydrogens (tertiary/aromatic N) is 3. The largest absolute Gasteiger partial charge is 0.375 e. The SMILES string of the molecule is COCC(=O)NCc1ccc(-c2cnn(C)c2)nc1. The van der Waals surface area contributed by atoms with Crippen LogP contribution in [0.4, 0.5) is 0 Å². The molecule has 2 aromatic heterocycles. The molecule has 2 heterocycles. The molecule has 0 aliphatic heterocycles. The molecule has 0 spiro atoms. The van der Waals surface area contributed by atoms with E-state index in [1.54, 1.807) is 17.1 Å². The Morgan fingerprint density at radius 3 is 2.84 bits per heavy atom. The second kappa shape index (κ2) is 6.10. The van der Waals surface area contributed by atoms with Crippen LogP contribution in [0.3, 0.4) is 0 Å². The third-order valence-electron chi connectivity index (χ3n) is 2.59. The summed E-state index contributed by atoms with van der Waals surface area (Å²) in [6.07, 6.45) is 5.42. The van der Waals surface area contributed by atoms with E-state index in [1.807, 2.05) is 25.4 Å². The molecular formula is C13H16N4O2. The summed E-state index contributed by atoms with van der Waals surface area (Å²) < 4.78 is 6.47. The second-order valence-corrected chi connectivity index (χ2v) is 4.16. The summed E-state index contributed by atoms with van der Waals surface area (Å²) in [5.74, 6) is -0.140. The Kier molecular flexibility index (Phi) is 4.25. The number of hydrogen-bond acceptors (Lipinski definition) is 4. The highest BCUT2D eigenvalue weighted by Gasteiger charge is 2.03. The van der Waals surface area contributed by atoms with Gasteiger partial charge in [-0.2, -0.15) is 5.10 Å². The molecule has 0 radical (unpaired) electrons. The Hall–Kier alpha value is -2.21. The van der Waals surface area contributed by atoms with Crippen molar-refractivity contribution in [1.82, 2.24) is 20.1 Å². The molecule has 0 saturated heterocycles. The first-order valence-corrected chi connectivity index (χ1v) is 5.88. The van der Waals surface area contributed by atoms with Crippen LogP contribution in [0.25, 0.3) is 11.3 Å². The molecule has 0 aromatic carbocycles. The normalized spacial score (nSPS) is 10.4. The van der Waals surface area contributed by atoms with Crippen LogP contribution in [0.2, 0.25) is 0 Å². The molecule has 1 amide bonds. The number of pyridine rings is 1. The average molecular weight is 260 g/mol. The Labute approximate surface area is 111 Å². The summed E-state index contributed by atoms with van der Waals surface area (Å²) in [7, 11) is 3.35. The van der Waals surface area contributed by atoms with Crippen molar-refractivity contribution in [3.8, 4) is 11.3 Å². The van der Waals surface area contributed by atoms with Gasteiger partial charge in [-0.15, -0.1) is 0 Å². The lowest BCUT2D eigenvalue weighted by atomic mass is 10.2. The number of ether oxygens (including phenoxy) is 1. The zero-order valence-electron chi connectivity index (χ0n) is 11.0. The standard InChI is InChI=1S/C13H16N4O2/c1-17-8-11(7-16-17)12-4-3-10(5-14-12)6-15-13(18)9-19-2/h3-5,7-8H,6,9H2,1-2H3,(H,15,18). The fraction of sp³-hybridized carbons (Fsp3) is 0.308. The molecule has 0 aliphatic rings. The minimum atomic E-state index is -0.140. The first-order valence-electron chi connectivity index (χ1n) is 5.88. The smallest absolute Gasteiger partial charge is 0.246 e. The Balaban J connectivity index is 1.97. The van der Waals surface area contributed by atoms with Crippen LogP contribution < -0.4 is 5.32 Å². The minimum absolute atomic E-state index is 0.0706. The third-order valence-corrected chi connectivity index (χ3v) is 2.59. The molecule has 2 aromatic rings. The highest BCUT2D eigenvalue weighted by Crippen LogP contribution is 2.15. The minimum Gasteiger partial charge on any atom is -0.375 e. The van der Waals surface area contributed by atoms with E-state index in [4.69, 9.17) is 4.74 Å². The van der Waals surface area contributed by atoms with Crippen LogP contribution in [0, 0.1) is 0 Å². The van der Waals surface area contributed by atoms with E-state index < -0.39 is 0 Å². The number of carbonyl (C=O) groups excluding carboxylic acids is 1. The van der Waals surface area contributed by atoms with Crippen molar-refractivity contribution in [2.24, 2.45) is 7.05 Å². The fourth-order valence-corrected chi connectivity index (χ4v) is 1.64. The Morgan fingerprint density at radius 2 is 2.26 bits per heavy atom. The number of amides is 1. The fourth-order valence-electron chi connectivity index (χ4n) is 1.64. The van der Waals surface area contributed by atoms with Gasteiger partial charge in [0, 0.05) is 38.7 Å². The molecule has 0 bridgehead atoms. The van der Waals surface area contributed by atoms with Gasteiger partial charge >= 0.3 is 0 Å². The van der Waals surface area contributed by atoms with Crippen LogP contribution in [-0.2, 0) is 23.1 Å². The average Bonchev–Trinajstić information content (AvgIpc) is 2.84. The van der Waals surface area contributed by atoms with Crippen molar-refractivity contribution in [3.63, 3.8) is 0 Å². The molecule has 1 N–H and O–H groups in total. The zero-order valence-corrected chi connectivity index (χ0v) is 11.0. The molecule has 100 valence electrons. The number of carbonyl (C=O) groups is 1. The zero-order chi connectivity index (χ0) is 13.7. The molecule has 0 fully saturated rings. The molecule has 2 rings (SSSR count). The van der Waals surface area contributed by atoms with Crippen molar-refractivity contribution in [3.05, 3.63) is 36.3 Å². The van der Waals surface area contributed by atoms with Gasteiger partial charge in [-0.1, -0.05) is 6.07 Å². The molecular weight excluding hydrogens is 244 g/mol. The number of nitrogens with one attached hydrogen (secondary N) is 1. The van der Waals surface area contributed by atoms with E-state index in [0.29, 0.717) is 6.54 Å². The van der Waals surface area contributed by atoms with Gasteiger partial charge in [-0.25, -0.2) is 0 Å². The monoisotopic (exact) mass is 260 g/mol. The molecule has 0 saturated carbocycles. The van der Waals surface area contributed by atoms with Crippen molar-refractivity contribution >= 4 is 5.91 Å². The van der Waals surface area contributed by atoms with Crippen molar-refractivity contribution in [2.45, 2.75) is 6.54 Å². The van der Waals surface area contributed by atoms with Gasteiger partial charge in [0.25, 0.3) is 0 Å². The highest BCUT2D eigenvalue weighted by atomic mass is 16.5. The van der Waals surface area contributed by atoms with Crippen molar-refractivity contribution in [2.75, 3.05) is 13.7 Å². The maximum atomic E-state index is 11.2. The molecule has 0 aliphatic carbocycles. The van der Waals surface area contributed by atoms with Gasteiger partial charge in [0.2, 0.25) is 5.91 Å². The Morgan fingerprint density at radius 1 is 1.42 bits per heavy atom. The third kappa shape index (κ3) is 3.62. The van der Waals surface area contributed by atoms with Crippen molar-refractivity contribution in [1.29, 1.82) is 0 Å². The number of rotatable bonds is 5. The predicted molar refractivity (Wildman–Crippen MR) is 70.2 cm³/mol. The summed E-state index contributed by atoms with van der Waals surface area (Å²) in [4.78, 5) is 15.6. The maximum Gasteiger partial charge on any atom is 0.246 e. The number of hydrogen-bond donors (Lipinski definition) is 1. The first-order chi connectivity index (χ1) is 9.19. The lowest BCUT2D eigenvalue weighted by molar-refractivity contribution is -0.124. The summed E-state index contributed by atoms with van der Waals surface area (Å²) in [5.41, 5.74) is 2.77. The first kappa shape index (κ1) is 13.2. The highest BCUT2D eigenvalue weighted by molar-refractivity contribution is 5.77. The quantitative estimate of drug-likeness (QED) is 0.861. The van der Waals surface area contributed by atoms with Crippen LogP contribution in [0.5, 0.6) is 0 Å². The lowest BCUT2D eigenvalue weighted by Gasteiger charge is -2.04. The lowest BCUT2D eigenvalue weighted by Crippen LogP contribution is -2.26. The van der Waals surface area contributed by atoms with Gasteiger partial charge in [0.1, 0.15) is 6.61 Å².